The van der Waals surface area contributed by atoms with Crippen molar-refractivity contribution < 1.29 is 58.7 Å². The fourth-order valence-electron chi connectivity index (χ4n) is 12.1. The lowest BCUT2D eigenvalue weighted by Crippen LogP contribution is -2.78. The zero-order valence-electron chi connectivity index (χ0n) is 34.0. The Kier molecular flexibility index (Phi) is 11.5. The molecule has 4 aliphatic carbocycles. The van der Waals surface area contributed by atoms with E-state index in [4.69, 9.17) is 28.4 Å². The highest BCUT2D eigenvalue weighted by Gasteiger charge is 2.81. The fourth-order valence-corrected chi connectivity index (χ4v) is 12.1. The highest BCUT2D eigenvalue weighted by Crippen LogP contribution is 2.71. The summed E-state index contributed by atoms with van der Waals surface area (Å²) in [5.74, 6) is -0.947. The molecule has 17 atom stereocenters. The highest BCUT2D eigenvalue weighted by molar-refractivity contribution is 5.87. The number of ether oxygens (including phenoxy) is 6. The summed E-state index contributed by atoms with van der Waals surface area (Å²) in [6.45, 7) is 9.12. The molecule has 2 heterocycles. The quantitative estimate of drug-likeness (QED) is 0.137. The maximum Gasteiger partial charge on any atom is 0.331 e. The maximum absolute atomic E-state index is 13.5. The number of rotatable bonds is 9. The third-order valence-electron chi connectivity index (χ3n) is 15.6. The Morgan fingerprint density at radius 2 is 1.66 bits per heavy atom. The SMILES string of the molecule is CO[C@H]1C[C@H]([C@H]2CC[C@@]3(C)C(=CC[C@]4(O)[C@@H]3CC(OC(=O)/C=C/c3ccccc3)[C@@]3(C)[C@]4(O)CC[C@]3(O)C(C)O)C2)O[C@H](C)[C@H]1O[C@H]1C[C@@H](OC)[C@H](O)[C@@H](C)O1. The van der Waals surface area contributed by atoms with E-state index in [0.29, 0.717) is 19.3 Å². The molecular formula is C44H64O12. The Bertz CT molecular complexity index is 1630. The number of methoxy groups -OCH3 is 2. The van der Waals surface area contributed by atoms with Crippen LogP contribution in [0.3, 0.4) is 0 Å². The smallest absolute Gasteiger partial charge is 0.331 e. The lowest BCUT2D eigenvalue weighted by molar-refractivity contribution is -0.326. The maximum atomic E-state index is 13.5. The van der Waals surface area contributed by atoms with Crippen molar-refractivity contribution in [1.82, 2.24) is 0 Å². The zero-order valence-corrected chi connectivity index (χ0v) is 34.0. The van der Waals surface area contributed by atoms with Crippen LogP contribution in [0.25, 0.3) is 6.08 Å². The van der Waals surface area contributed by atoms with Crippen LogP contribution in [0.2, 0.25) is 0 Å². The summed E-state index contributed by atoms with van der Waals surface area (Å²) >= 11 is 0. The fraction of sp³-hybridized carbons (Fsp3) is 0.750. The first-order valence-corrected chi connectivity index (χ1v) is 20.6. The molecule has 12 nitrogen and oxygen atoms in total. The van der Waals surface area contributed by atoms with Gasteiger partial charge in [-0.05, 0) is 88.7 Å². The Labute approximate surface area is 331 Å². The van der Waals surface area contributed by atoms with Crippen molar-refractivity contribution in [3.05, 3.63) is 53.6 Å². The minimum absolute atomic E-state index is 0.0410. The number of carbonyl (C=O) groups is 1. The van der Waals surface area contributed by atoms with E-state index in [-0.39, 0.29) is 56.0 Å². The summed E-state index contributed by atoms with van der Waals surface area (Å²) in [5.41, 5.74) is -5.43. The van der Waals surface area contributed by atoms with Crippen molar-refractivity contribution in [3.8, 4) is 0 Å². The molecule has 5 N–H and O–H groups in total. The molecule has 1 aromatic rings. The van der Waals surface area contributed by atoms with E-state index in [0.717, 1.165) is 18.4 Å². The Hall–Kier alpha value is -2.23. The molecule has 0 aromatic heterocycles. The molecule has 2 saturated heterocycles. The standard InChI is InChI=1S/C44H64O12/c1-25-38(47)32(51-6)23-37(54-25)56-39-26(2)53-31(22-33(39)52-7)29-15-17-40(4)30(21-29)16-18-43(49)34(40)24-35(55-36(46)14-13-28-11-9-8-10-12-28)41(5)42(48,27(3)45)19-20-44(41,43)50/h8-14,16,25-27,29,31-35,37-39,45,47-50H,15,17-24H2,1-7H3/b14-13+/t25-,26-,27?,29+,31-,32-,33+,34-,35?,37+,38-,39-,40+,41-,42+,43+,44-/m1/s1. The molecule has 5 fully saturated rings. The number of hydrogen-bond acceptors (Lipinski definition) is 12. The van der Waals surface area contributed by atoms with Gasteiger partial charge in [-0.3, -0.25) is 0 Å². The van der Waals surface area contributed by atoms with Crippen LogP contribution in [-0.2, 0) is 33.2 Å². The summed E-state index contributed by atoms with van der Waals surface area (Å²) < 4.78 is 37.0. The molecule has 12 heteroatoms. The second-order valence-corrected chi connectivity index (χ2v) is 18.2. The van der Waals surface area contributed by atoms with E-state index in [9.17, 15) is 30.3 Å². The Balaban J connectivity index is 1.11. The molecule has 7 rings (SSSR count). The van der Waals surface area contributed by atoms with Crippen molar-refractivity contribution >= 4 is 12.0 Å². The van der Waals surface area contributed by atoms with E-state index in [1.807, 2.05) is 37.3 Å². The van der Waals surface area contributed by atoms with E-state index in [2.05, 4.69) is 13.0 Å². The van der Waals surface area contributed by atoms with Crippen molar-refractivity contribution in [2.45, 2.75) is 170 Å². The lowest BCUT2D eigenvalue weighted by Gasteiger charge is -2.67. The molecule has 56 heavy (non-hydrogen) atoms. The number of benzene rings is 1. The average Bonchev–Trinajstić information content (AvgIpc) is 3.41. The molecule has 3 saturated carbocycles. The first-order valence-electron chi connectivity index (χ1n) is 20.6. The summed E-state index contributed by atoms with van der Waals surface area (Å²) in [6.07, 6.45) is 3.38. The van der Waals surface area contributed by atoms with Crippen LogP contribution in [0.5, 0.6) is 0 Å². The van der Waals surface area contributed by atoms with Crippen LogP contribution in [0.15, 0.2) is 48.1 Å². The molecule has 6 aliphatic rings. The van der Waals surface area contributed by atoms with Gasteiger partial charge in [-0.1, -0.05) is 55.8 Å². The van der Waals surface area contributed by atoms with Gasteiger partial charge in [0, 0.05) is 39.1 Å². The molecule has 0 bridgehead atoms. The second kappa shape index (κ2) is 15.4. The molecule has 0 spiro atoms. The molecule has 0 amide bonds. The first kappa shape index (κ1) is 41.9. The van der Waals surface area contributed by atoms with Crippen LogP contribution in [-0.4, -0.2) is 124 Å². The predicted molar refractivity (Wildman–Crippen MR) is 206 cm³/mol. The number of aliphatic hydroxyl groups excluding tert-OH is 2. The Morgan fingerprint density at radius 1 is 0.946 bits per heavy atom. The largest absolute Gasteiger partial charge is 0.458 e. The molecule has 312 valence electrons. The van der Waals surface area contributed by atoms with E-state index in [1.165, 1.54) is 18.6 Å². The monoisotopic (exact) mass is 784 g/mol. The van der Waals surface area contributed by atoms with Gasteiger partial charge in [0.05, 0.1) is 42.0 Å². The Morgan fingerprint density at radius 3 is 2.34 bits per heavy atom. The average molecular weight is 785 g/mol. The molecule has 0 radical (unpaired) electrons. The van der Waals surface area contributed by atoms with Gasteiger partial charge in [-0.25, -0.2) is 4.79 Å². The minimum atomic E-state index is -1.87. The predicted octanol–water partition coefficient (Wildman–Crippen LogP) is 4.23. The summed E-state index contributed by atoms with van der Waals surface area (Å²) in [7, 11) is 3.27. The summed E-state index contributed by atoms with van der Waals surface area (Å²) in [6, 6.07) is 9.39. The van der Waals surface area contributed by atoms with Gasteiger partial charge >= 0.3 is 5.97 Å². The van der Waals surface area contributed by atoms with Gasteiger partial charge in [-0.15, -0.1) is 0 Å². The van der Waals surface area contributed by atoms with Gasteiger partial charge in [0.25, 0.3) is 0 Å². The van der Waals surface area contributed by atoms with Crippen LogP contribution in [0.4, 0.5) is 0 Å². The normalized spacial score (nSPS) is 48.4. The molecule has 1 aromatic carbocycles. The molecule has 2 unspecified atom stereocenters. The number of hydrogen-bond donors (Lipinski definition) is 5. The topological polar surface area (TPSA) is 174 Å². The summed E-state index contributed by atoms with van der Waals surface area (Å²) in [4.78, 5) is 13.5. The van der Waals surface area contributed by atoms with E-state index < -0.39 is 76.3 Å². The van der Waals surface area contributed by atoms with Gasteiger partial charge in [0.1, 0.15) is 35.1 Å². The van der Waals surface area contributed by atoms with Crippen LogP contribution in [0, 0.1) is 22.7 Å². The number of esters is 1. The van der Waals surface area contributed by atoms with Gasteiger partial charge in [0.15, 0.2) is 6.29 Å². The number of carbonyl (C=O) groups excluding carboxylic acids is 1. The first-order chi connectivity index (χ1) is 26.5. The number of allylic oxidation sites excluding steroid dienone is 1. The minimum Gasteiger partial charge on any atom is -0.458 e. The number of aliphatic hydroxyl groups is 5. The van der Waals surface area contributed by atoms with Crippen LogP contribution in [0.1, 0.15) is 98.0 Å². The van der Waals surface area contributed by atoms with Gasteiger partial charge < -0.3 is 54.0 Å². The second-order valence-electron chi connectivity index (χ2n) is 18.2. The van der Waals surface area contributed by atoms with Gasteiger partial charge in [-0.2, -0.15) is 0 Å². The van der Waals surface area contributed by atoms with Crippen molar-refractivity contribution in [3.63, 3.8) is 0 Å². The van der Waals surface area contributed by atoms with Gasteiger partial charge in [0.2, 0.25) is 0 Å². The van der Waals surface area contributed by atoms with Crippen molar-refractivity contribution in [2.24, 2.45) is 22.7 Å². The number of fused-ring (bicyclic) bond motifs is 5. The summed E-state index contributed by atoms with van der Waals surface area (Å²) in [5, 5.41) is 59.5. The van der Waals surface area contributed by atoms with E-state index >= 15 is 0 Å². The molecular weight excluding hydrogens is 720 g/mol. The van der Waals surface area contributed by atoms with Crippen molar-refractivity contribution in [1.29, 1.82) is 0 Å². The van der Waals surface area contributed by atoms with Crippen molar-refractivity contribution in [2.75, 3.05) is 14.2 Å². The zero-order chi connectivity index (χ0) is 40.4. The third kappa shape index (κ3) is 6.55. The lowest BCUT2D eigenvalue weighted by atomic mass is 9.42. The third-order valence-corrected chi connectivity index (χ3v) is 15.6. The van der Waals surface area contributed by atoms with E-state index in [1.54, 1.807) is 34.1 Å². The molecule has 2 aliphatic heterocycles. The van der Waals surface area contributed by atoms with Crippen LogP contribution >= 0.6 is 0 Å². The highest BCUT2D eigenvalue weighted by atomic mass is 16.7. The van der Waals surface area contributed by atoms with Crippen LogP contribution < -0.4 is 0 Å².